The van der Waals surface area contributed by atoms with E-state index in [0.29, 0.717) is 0 Å². The van der Waals surface area contributed by atoms with E-state index in [-0.39, 0.29) is 0 Å². The van der Waals surface area contributed by atoms with Gasteiger partial charge in [0, 0.05) is 21.1 Å². The minimum Gasteiger partial charge on any atom is -0.450 e. The van der Waals surface area contributed by atoms with Crippen LogP contribution in [0.15, 0.2) is 0 Å². The maximum absolute atomic E-state index is 13.3. The second kappa shape index (κ2) is 13.7. The van der Waals surface area contributed by atoms with Crippen molar-refractivity contribution in [3.8, 4) is 0 Å². The predicted molar refractivity (Wildman–Crippen MR) is 141 cm³/mol. The number of esters is 3. The second-order valence-electron chi connectivity index (χ2n) is 11.2. The summed E-state index contributed by atoms with van der Waals surface area (Å²) in [4.78, 5) is 82.4. The molecule has 12 heteroatoms. The number of nitrogens with zero attached hydrogens (tertiary/aromatic N) is 3. The molecule has 1 saturated heterocycles. The monoisotopic (exact) mass is 561 g/mol. The van der Waals surface area contributed by atoms with Crippen LogP contribution in [0.1, 0.15) is 62.3 Å². The van der Waals surface area contributed by atoms with Gasteiger partial charge in [-0.1, -0.05) is 41.5 Å². The maximum atomic E-state index is 13.3. The summed E-state index contributed by atoms with van der Waals surface area (Å²) >= 11 is 0. The molecule has 12 nitrogen and oxygen atoms in total. The van der Waals surface area contributed by atoms with Gasteiger partial charge in [-0.15, -0.1) is 0 Å². The van der Waals surface area contributed by atoms with Crippen LogP contribution < -0.4 is 0 Å². The van der Waals surface area contributed by atoms with Crippen molar-refractivity contribution in [2.24, 2.45) is 17.8 Å². The van der Waals surface area contributed by atoms with Crippen molar-refractivity contribution in [1.82, 2.24) is 14.7 Å². The molecule has 222 valence electrons. The number of hydrogen-bond donors (Lipinski definition) is 0. The van der Waals surface area contributed by atoms with E-state index in [1.807, 2.05) is 0 Å². The summed E-state index contributed by atoms with van der Waals surface area (Å²) in [6.07, 6.45) is -3.76. The van der Waals surface area contributed by atoms with Gasteiger partial charge in [0.15, 0.2) is 18.3 Å². The fourth-order valence-corrected chi connectivity index (χ4v) is 3.73. The number of ether oxygens (including phenoxy) is 3. The lowest BCUT2D eigenvalue weighted by Crippen LogP contribution is -2.55. The molecular weight excluding hydrogens is 516 g/mol. The van der Waals surface area contributed by atoms with Crippen molar-refractivity contribution in [2.75, 3.05) is 21.1 Å². The van der Waals surface area contributed by atoms with Crippen LogP contribution in [0.25, 0.3) is 0 Å². The summed E-state index contributed by atoms with van der Waals surface area (Å²) in [6, 6.07) is -3.36. The molecule has 0 aromatic heterocycles. The van der Waals surface area contributed by atoms with Gasteiger partial charge in [0.25, 0.3) is 17.7 Å². The fourth-order valence-electron chi connectivity index (χ4n) is 3.73. The van der Waals surface area contributed by atoms with Gasteiger partial charge < -0.3 is 28.9 Å². The molecule has 0 aromatic rings. The summed E-state index contributed by atoms with van der Waals surface area (Å²) in [6.45, 7) is 14.4. The van der Waals surface area contributed by atoms with Crippen molar-refractivity contribution < 1.29 is 43.0 Å². The highest BCUT2D eigenvalue weighted by Crippen LogP contribution is 2.20. The van der Waals surface area contributed by atoms with Crippen molar-refractivity contribution in [3.63, 3.8) is 0 Å². The Morgan fingerprint density at radius 2 is 0.667 bits per heavy atom. The molecule has 0 aliphatic carbocycles. The standard InChI is InChI=1S/C27H45N3O9/c1-13(2)19-22(31)28(10)17(8)26(35)38-21(15(5)6)24(33)30(12)18(9)27(36)39-20(14(3)4)23(32)29(11)16(7)25(34)37-19/h13-21H,1-12H3/t16-,17-,18-,19+,20+,21+/m0/s1/i10+2,11+2,12+2. The highest BCUT2D eigenvalue weighted by Gasteiger charge is 2.41. The summed E-state index contributed by atoms with van der Waals surface area (Å²) in [5, 5.41) is 0. The molecule has 0 unspecified atom stereocenters. The number of rotatable bonds is 3. The van der Waals surface area contributed by atoms with Gasteiger partial charge in [-0.2, -0.15) is 0 Å². The van der Waals surface area contributed by atoms with E-state index >= 15 is 0 Å². The Morgan fingerprint density at radius 1 is 0.487 bits per heavy atom. The highest BCUT2D eigenvalue weighted by molar-refractivity contribution is 5.93. The smallest absolute Gasteiger partial charge is 0.329 e. The second-order valence-corrected chi connectivity index (χ2v) is 11.2. The molecule has 1 fully saturated rings. The van der Waals surface area contributed by atoms with Gasteiger partial charge in [0.1, 0.15) is 18.1 Å². The molecular formula is C27H45N3O9. The molecule has 1 heterocycles. The van der Waals surface area contributed by atoms with Crippen LogP contribution >= 0.6 is 0 Å². The Labute approximate surface area is 231 Å². The van der Waals surface area contributed by atoms with Crippen LogP contribution in [0, 0.1) is 17.8 Å². The quantitative estimate of drug-likeness (QED) is 0.368. The summed E-state index contributed by atoms with van der Waals surface area (Å²) in [5.41, 5.74) is 0. The SMILES string of the molecule is CC(C)[C@H]1OC(=O)[C@H](C)N([14CH3])C(=O)[C@@H](C(C)C)OC(=O)[C@H](C)N([14CH3])C(=O)[C@@H](C(C)C)OC(=O)[C@H](C)N([14CH3])C1=O. The Hall–Kier alpha value is -3.18. The predicted octanol–water partition coefficient (Wildman–Crippen LogP) is 1.24. The Kier molecular flexibility index (Phi) is 11.9. The van der Waals surface area contributed by atoms with Crippen LogP contribution in [0.3, 0.4) is 0 Å². The first-order valence-corrected chi connectivity index (χ1v) is 13.3. The van der Waals surface area contributed by atoms with Crippen LogP contribution in [0.5, 0.6) is 0 Å². The van der Waals surface area contributed by atoms with E-state index in [4.69, 9.17) is 14.2 Å². The first-order chi connectivity index (χ1) is 17.8. The molecule has 0 radical (unpaired) electrons. The largest absolute Gasteiger partial charge is 0.450 e. The van der Waals surface area contributed by atoms with E-state index < -0.39 is 89.8 Å². The van der Waals surface area contributed by atoms with Crippen LogP contribution in [-0.2, 0) is 43.0 Å². The van der Waals surface area contributed by atoms with Crippen molar-refractivity contribution in [3.05, 3.63) is 0 Å². The van der Waals surface area contributed by atoms with Gasteiger partial charge in [-0.25, -0.2) is 14.4 Å². The third-order valence-corrected chi connectivity index (χ3v) is 7.09. The minimum atomic E-state index is -1.25. The lowest BCUT2D eigenvalue weighted by molar-refractivity contribution is -0.178. The number of hydrogen-bond acceptors (Lipinski definition) is 9. The van der Waals surface area contributed by atoms with E-state index in [1.54, 1.807) is 41.5 Å². The molecule has 0 spiro atoms. The number of likely N-dealkylation sites (N-methyl/N-ethyl adjacent to an activating group) is 3. The molecule has 0 aromatic carbocycles. The fraction of sp³-hybridized carbons (Fsp3) is 0.778. The topological polar surface area (TPSA) is 140 Å². The molecule has 0 bridgehead atoms. The molecule has 3 amide bonds. The maximum Gasteiger partial charge on any atom is 0.329 e. The lowest BCUT2D eigenvalue weighted by Gasteiger charge is -2.35. The molecule has 0 N–H and O–H groups in total. The van der Waals surface area contributed by atoms with Crippen LogP contribution in [0.2, 0.25) is 0 Å². The first kappa shape index (κ1) is 33.8. The van der Waals surface area contributed by atoms with Gasteiger partial charge >= 0.3 is 17.9 Å². The van der Waals surface area contributed by atoms with Crippen molar-refractivity contribution >= 4 is 35.6 Å². The third kappa shape index (κ3) is 7.92. The van der Waals surface area contributed by atoms with E-state index in [0.717, 1.165) is 14.7 Å². The molecule has 39 heavy (non-hydrogen) atoms. The van der Waals surface area contributed by atoms with Crippen molar-refractivity contribution in [2.45, 2.75) is 98.8 Å². The van der Waals surface area contributed by atoms with Gasteiger partial charge in [-0.3, -0.25) is 14.4 Å². The Balaban J connectivity index is 3.60. The highest BCUT2D eigenvalue weighted by atomic mass is 16.6. The molecule has 6 atom stereocenters. The van der Waals surface area contributed by atoms with Gasteiger partial charge in [0.2, 0.25) is 0 Å². The van der Waals surface area contributed by atoms with Gasteiger partial charge in [-0.05, 0) is 38.5 Å². The molecule has 0 saturated carbocycles. The van der Waals surface area contributed by atoms with Crippen LogP contribution in [0.4, 0.5) is 0 Å². The molecule has 1 rings (SSSR count). The lowest BCUT2D eigenvalue weighted by atomic mass is 10.0. The van der Waals surface area contributed by atoms with Crippen LogP contribution in [-0.4, -0.2) is 108 Å². The Morgan fingerprint density at radius 3 is 0.821 bits per heavy atom. The zero-order valence-corrected chi connectivity index (χ0v) is 25.2. The average Bonchev–Trinajstić information content (AvgIpc) is 2.87. The zero-order chi connectivity index (χ0) is 30.5. The summed E-state index contributed by atoms with van der Waals surface area (Å²) in [7, 11) is 4.12. The number of amides is 3. The molecule has 1 aliphatic rings. The summed E-state index contributed by atoms with van der Waals surface area (Å²) < 4.78 is 16.6. The number of carbonyl (C=O) groups excluding carboxylic acids is 6. The molecule has 1 aliphatic heterocycles. The first-order valence-electron chi connectivity index (χ1n) is 13.3. The van der Waals surface area contributed by atoms with Gasteiger partial charge in [0.05, 0.1) is 0 Å². The minimum absolute atomic E-state index is 0.463. The van der Waals surface area contributed by atoms with E-state index in [2.05, 4.69) is 0 Å². The van der Waals surface area contributed by atoms with E-state index in [1.165, 1.54) is 41.9 Å². The third-order valence-electron chi connectivity index (χ3n) is 7.09. The zero-order valence-electron chi connectivity index (χ0n) is 25.2. The van der Waals surface area contributed by atoms with E-state index in [9.17, 15) is 28.8 Å². The average molecular weight is 562 g/mol. The number of cyclic esters (lactones) is 3. The normalized spacial score (nSPS) is 29.5. The summed E-state index contributed by atoms with van der Waals surface area (Å²) in [5.74, 6) is -5.83. The van der Waals surface area contributed by atoms with Crippen molar-refractivity contribution in [1.29, 1.82) is 0 Å². The number of carbonyl (C=O) groups is 6. The Bertz CT molecular complexity index is 830.